The van der Waals surface area contributed by atoms with E-state index in [9.17, 15) is 9.59 Å². The highest BCUT2D eigenvalue weighted by atomic mass is 35.5. The summed E-state index contributed by atoms with van der Waals surface area (Å²) in [6.45, 7) is 1.89. The molecular weight excluding hydrogens is 347 g/mol. The van der Waals surface area contributed by atoms with Crippen LogP contribution in [-0.2, 0) is 9.59 Å². The third kappa shape index (κ3) is 3.71. The van der Waals surface area contributed by atoms with E-state index in [2.05, 4.69) is 10.6 Å². The van der Waals surface area contributed by atoms with Gasteiger partial charge in [-0.1, -0.05) is 41.4 Å². The van der Waals surface area contributed by atoms with E-state index in [4.69, 9.17) is 23.2 Å². The number of benzene rings is 2. The second-order valence-corrected chi connectivity index (χ2v) is 6.69. The molecule has 0 saturated heterocycles. The first kappa shape index (κ1) is 16.8. The van der Waals surface area contributed by atoms with Crippen molar-refractivity contribution in [2.75, 3.05) is 10.6 Å². The van der Waals surface area contributed by atoms with Gasteiger partial charge in [-0.05, 0) is 43.2 Å². The number of para-hydroxylation sites is 1. The molecule has 0 aromatic heterocycles. The molecule has 2 aromatic rings. The van der Waals surface area contributed by atoms with E-state index < -0.39 is 0 Å². The number of carbonyl (C=O) groups is 2. The zero-order chi connectivity index (χ0) is 17.3. The van der Waals surface area contributed by atoms with Crippen molar-refractivity contribution in [3.8, 4) is 0 Å². The highest BCUT2D eigenvalue weighted by molar-refractivity contribution is 6.33. The lowest BCUT2D eigenvalue weighted by Crippen LogP contribution is -2.20. The average molecular weight is 363 g/mol. The highest BCUT2D eigenvalue weighted by Gasteiger charge is 2.48. The molecular formula is C18H16Cl2N2O2. The predicted octanol–water partition coefficient (Wildman–Crippen LogP) is 4.52. The summed E-state index contributed by atoms with van der Waals surface area (Å²) in [6.07, 6.45) is 0.529. The second kappa shape index (κ2) is 6.83. The van der Waals surface area contributed by atoms with E-state index in [1.165, 1.54) is 0 Å². The van der Waals surface area contributed by atoms with Gasteiger partial charge in [0.05, 0.1) is 22.5 Å². The van der Waals surface area contributed by atoms with Crippen LogP contribution in [0.25, 0.3) is 0 Å². The summed E-state index contributed by atoms with van der Waals surface area (Å²) in [4.78, 5) is 24.5. The Kier molecular flexibility index (Phi) is 4.78. The van der Waals surface area contributed by atoms with Crippen molar-refractivity contribution in [1.82, 2.24) is 0 Å². The molecule has 2 atom stereocenters. The van der Waals surface area contributed by atoms with E-state index in [1.807, 2.05) is 13.0 Å². The number of amides is 2. The molecule has 2 unspecified atom stereocenters. The van der Waals surface area contributed by atoms with Gasteiger partial charge in [-0.2, -0.15) is 0 Å². The summed E-state index contributed by atoms with van der Waals surface area (Å²) in [7, 11) is 0. The molecule has 24 heavy (non-hydrogen) atoms. The SMILES string of the molecule is Cc1ccc(NC(=O)C2CC2C(=O)Nc2ccccc2Cl)cc1Cl. The van der Waals surface area contributed by atoms with Crippen molar-refractivity contribution in [3.63, 3.8) is 0 Å². The van der Waals surface area contributed by atoms with Gasteiger partial charge in [0.25, 0.3) is 0 Å². The molecule has 1 fully saturated rings. The first-order valence-electron chi connectivity index (χ1n) is 7.58. The summed E-state index contributed by atoms with van der Waals surface area (Å²) in [5, 5.41) is 6.64. The smallest absolute Gasteiger partial charge is 0.228 e. The molecule has 0 radical (unpaired) electrons. The normalized spacial score (nSPS) is 18.8. The fourth-order valence-electron chi connectivity index (χ4n) is 2.47. The standard InChI is InChI=1S/C18H16Cl2N2O2/c1-10-6-7-11(8-15(10)20)21-17(23)12-9-13(12)18(24)22-16-5-3-2-4-14(16)19/h2-8,12-13H,9H2,1H3,(H,21,23)(H,22,24). The van der Waals surface area contributed by atoms with Crippen molar-refractivity contribution in [3.05, 3.63) is 58.1 Å². The van der Waals surface area contributed by atoms with Gasteiger partial charge in [0.1, 0.15) is 0 Å². The second-order valence-electron chi connectivity index (χ2n) is 5.87. The monoisotopic (exact) mass is 362 g/mol. The Hall–Kier alpha value is -2.04. The zero-order valence-corrected chi connectivity index (χ0v) is 14.5. The van der Waals surface area contributed by atoms with Gasteiger partial charge in [-0.25, -0.2) is 0 Å². The third-order valence-electron chi connectivity index (χ3n) is 4.04. The minimum Gasteiger partial charge on any atom is -0.326 e. The Bertz CT molecular complexity index is 807. The van der Waals surface area contributed by atoms with Gasteiger partial charge in [-0.15, -0.1) is 0 Å². The quantitative estimate of drug-likeness (QED) is 0.839. The van der Waals surface area contributed by atoms with Crippen LogP contribution in [0.3, 0.4) is 0 Å². The number of carbonyl (C=O) groups excluding carboxylic acids is 2. The van der Waals surface area contributed by atoms with Crippen molar-refractivity contribution in [1.29, 1.82) is 0 Å². The van der Waals surface area contributed by atoms with E-state index in [-0.39, 0.29) is 23.7 Å². The Morgan fingerprint density at radius 3 is 2.29 bits per heavy atom. The molecule has 2 N–H and O–H groups in total. The van der Waals surface area contributed by atoms with Crippen LogP contribution in [0, 0.1) is 18.8 Å². The van der Waals surface area contributed by atoms with Gasteiger partial charge in [0.15, 0.2) is 0 Å². The van der Waals surface area contributed by atoms with Crippen molar-refractivity contribution in [2.45, 2.75) is 13.3 Å². The van der Waals surface area contributed by atoms with Gasteiger partial charge in [0, 0.05) is 10.7 Å². The topological polar surface area (TPSA) is 58.2 Å². The third-order valence-corrected chi connectivity index (χ3v) is 4.77. The number of halogens is 2. The van der Waals surface area contributed by atoms with Crippen molar-refractivity contribution >= 4 is 46.4 Å². The number of rotatable bonds is 4. The van der Waals surface area contributed by atoms with Crippen molar-refractivity contribution in [2.24, 2.45) is 11.8 Å². The maximum absolute atomic E-state index is 12.2. The van der Waals surface area contributed by atoms with E-state index in [0.717, 1.165) is 5.56 Å². The van der Waals surface area contributed by atoms with Crippen LogP contribution in [0.5, 0.6) is 0 Å². The van der Waals surface area contributed by atoms with Crippen LogP contribution >= 0.6 is 23.2 Å². The number of aryl methyl sites for hydroxylation is 1. The van der Waals surface area contributed by atoms with E-state index in [0.29, 0.717) is 27.8 Å². The van der Waals surface area contributed by atoms with Crippen LogP contribution in [0.4, 0.5) is 11.4 Å². The molecule has 1 aliphatic rings. The molecule has 2 aromatic carbocycles. The van der Waals surface area contributed by atoms with Gasteiger partial charge in [-0.3, -0.25) is 9.59 Å². The van der Waals surface area contributed by atoms with E-state index >= 15 is 0 Å². The molecule has 0 spiro atoms. The zero-order valence-electron chi connectivity index (χ0n) is 13.0. The molecule has 0 heterocycles. The summed E-state index contributed by atoms with van der Waals surface area (Å²) in [6, 6.07) is 12.3. The molecule has 0 aliphatic heterocycles. The summed E-state index contributed by atoms with van der Waals surface area (Å²) < 4.78 is 0. The Labute approximate surface area is 150 Å². The number of nitrogens with one attached hydrogen (secondary N) is 2. The minimum atomic E-state index is -0.331. The lowest BCUT2D eigenvalue weighted by molar-refractivity contribution is -0.122. The largest absolute Gasteiger partial charge is 0.326 e. The van der Waals surface area contributed by atoms with Crippen LogP contribution < -0.4 is 10.6 Å². The lowest BCUT2D eigenvalue weighted by Gasteiger charge is -2.08. The fourth-order valence-corrected chi connectivity index (χ4v) is 2.83. The molecule has 2 amide bonds. The molecule has 1 saturated carbocycles. The van der Waals surface area contributed by atoms with Crippen LogP contribution in [0.1, 0.15) is 12.0 Å². The van der Waals surface area contributed by atoms with Gasteiger partial charge < -0.3 is 10.6 Å². The Balaban J connectivity index is 1.58. The van der Waals surface area contributed by atoms with Crippen LogP contribution in [0.15, 0.2) is 42.5 Å². The molecule has 0 bridgehead atoms. The number of hydrogen-bond donors (Lipinski definition) is 2. The molecule has 3 rings (SSSR count). The molecule has 6 heteroatoms. The lowest BCUT2D eigenvalue weighted by atomic mass is 10.2. The maximum atomic E-state index is 12.2. The van der Waals surface area contributed by atoms with Crippen molar-refractivity contribution < 1.29 is 9.59 Å². The van der Waals surface area contributed by atoms with Crippen LogP contribution in [0.2, 0.25) is 10.0 Å². The van der Waals surface area contributed by atoms with E-state index in [1.54, 1.807) is 36.4 Å². The molecule has 1 aliphatic carbocycles. The number of anilines is 2. The van der Waals surface area contributed by atoms with Gasteiger partial charge in [0.2, 0.25) is 11.8 Å². The first-order valence-corrected chi connectivity index (χ1v) is 8.33. The average Bonchev–Trinajstić information content (AvgIpc) is 3.34. The highest BCUT2D eigenvalue weighted by Crippen LogP contribution is 2.40. The Morgan fingerprint density at radius 1 is 0.958 bits per heavy atom. The first-order chi connectivity index (χ1) is 11.5. The maximum Gasteiger partial charge on any atom is 0.228 e. The predicted molar refractivity (Wildman–Crippen MR) is 96.5 cm³/mol. The van der Waals surface area contributed by atoms with Gasteiger partial charge >= 0.3 is 0 Å². The summed E-state index contributed by atoms with van der Waals surface area (Å²) in [5.74, 6) is -1.02. The minimum absolute atomic E-state index is 0.172. The Morgan fingerprint density at radius 2 is 1.62 bits per heavy atom. The van der Waals surface area contributed by atoms with Crippen LogP contribution in [-0.4, -0.2) is 11.8 Å². The molecule has 4 nitrogen and oxygen atoms in total. The number of hydrogen-bond acceptors (Lipinski definition) is 2. The summed E-state index contributed by atoms with van der Waals surface area (Å²) in [5.41, 5.74) is 2.13. The summed E-state index contributed by atoms with van der Waals surface area (Å²) >= 11 is 12.1. The fraction of sp³-hybridized carbons (Fsp3) is 0.222. The molecule has 124 valence electrons.